The lowest BCUT2D eigenvalue weighted by atomic mass is 10.1. The fourth-order valence-corrected chi connectivity index (χ4v) is 3.85. The van der Waals surface area contributed by atoms with Gasteiger partial charge in [-0.25, -0.2) is 0 Å². The molecule has 2 N–H and O–H groups in total. The molecule has 1 unspecified atom stereocenters. The number of hydrogen-bond donors (Lipinski definition) is 2. The summed E-state index contributed by atoms with van der Waals surface area (Å²) < 4.78 is 5.65. The van der Waals surface area contributed by atoms with Gasteiger partial charge >= 0.3 is 0 Å². The maximum atomic E-state index is 13.4. The molecule has 32 heavy (non-hydrogen) atoms. The van der Waals surface area contributed by atoms with Crippen LogP contribution in [0.15, 0.2) is 78.9 Å². The first-order valence-corrected chi connectivity index (χ1v) is 10.9. The van der Waals surface area contributed by atoms with Gasteiger partial charge in [-0.3, -0.25) is 9.59 Å². The second-order valence-corrected chi connectivity index (χ2v) is 7.61. The minimum Gasteiger partial charge on any atom is -0.492 e. The minimum atomic E-state index is -0.629. The van der Waals surface area contributed by atoms with Crippen molar-refractivity contribution in [1.29, 1.82) is 0 Å². The molecule has 0 radical (unpaired) electrons. The van der Waals surface area contributed by atoms with Crippen LogP contribution in [0.3, 0.4) is 0 Å². The van der Waals surface area contributed by atoms with E-state index in [0.717, 1.165) is 29.9 Å². The molecule has 4 rings (SSSR count). The zero-order valence-corrected chi connectivity index (χ0v) is 18.1. The Balaban J connectivity index is 1.60. The van der Waals surface area contributed by atoms with E-state index in [1.54, 1.807) is 4.90 Å². The first kappa shape index (κ1) is 21.4. The number of rotatable bonds is 8. The largest absolute Gasteiger partial charge is 0.492 e. The van der Waals surface area contributed by atoms with Crippen LogP contribution >= 0.6 is 0 Å². The summed E-state index contributed by atoms with van der Waals surface area (Å²) in [6.07, 6.45) is 1.44. The van der Waals surface area contributed by atoms with Crippen LogP contribution in [0.25, 0.3) is 0 Å². The number of carbonyl (C=O) groups excluding carboxylic acids is 2. The lowest BCUT2D eigenvalue weighted by Gasteiger charge is -2.22. The van der Waals surface area contributed by atoms with Crippen molar-refractivity contribution in [3.05, 3.63) is 84.4 Å². The Hall–Kier alpha value is -3.80. The van der Waals surface area contributed by atoms with Gasteiger partial charge in [0.05, 0.1) is 12.3 Å². The number of benzene rings is 3. The smallest absolute Gasteiger partial charge is 0.251 e. The van der Waals surface area contributed by atoms with Gasteiger partial charge in [-0.15, -0.1) is 0 Å². The fourth-order valence-electron chi connectivity index (χ4n) is 3.85. The van der Waals surface area contributed by atoms with Crippen LogP contribution in [0, 0.1) is 0 Å². The third-order valence-corrected chi connectivity index (χ3v) is 5.38. The average molecular weight is 430 g/mol. The van der Waals surface area contributed by atoms with Crippen molar-refractivity contribution in [2.24, 2.45) is 0 Å². The van der Waals surface area contributed by atoms with Crippen LogP contribution in [0.5, 0.6) is 5.75 Å². The van der Waals surface area contributed by atoms with Crippen LogP contribution in [0.2, 0.25) is 0 Å². The number of anilines is 3. The van der Waals surface area contributed by atoms with Crippen molar-refractivity contribution < 1.29 is 14.3 Å². The highest BCUT2D eigenvalue weighted by Crippen LogP contribution is 2.29. The Labute approximate surface area is 188 Å². The van der Waals surface area contributed by atoms with E-state index in [9.17, 15) is 9.59 Å². The maximum Gasteiger partial charge on any atom is 0.251 e. The molecule has 2 amide bonds. The molecule has 1 saturated heterocycles. The van der Waals surface area contributed by atoms with Crippen molar-refractivity contribution in [1.82, 2.24) is 0 Å². The SMILES string of the molecule is CCOc1ccccc1NC(=O)C(Nc1cccc(N2CCCC2=O)c1)c1ccccc1. The molecule has 0 aliphatic carbocycles. The van der Waals surface area contributed by atoms with E-state index >= 15 is 0 Å². The van der Waals surface area contributed by atoms with Crippen LogP contribution < -0.4 is 20.3 Å². The summed E-state index contributed by atoms with van der Waals surface area (Å²) in [5.41, 5.74) is 3.07. The summed E-state index contributed by atoms with van der Waals surface area (Å²) in [4.78, 5) is 27.3. The number of carbonyl (C=O) groups is 2. The molecule has 1 atom stereocenters. The molecule has 164 valence electrons. The molecule has 1 heterocycles. The number of hydrogen-bond acceptors (Lipinski definition) is 4. The van der Waals surface area contributed by atoms with Gasteiger partial charge in [0.2, 0.25) is 5.91 Å². The van der Waals surface area contributed by atoms with Crippen molar-refractivity contribution in [2.45, 2.75) is 25.8 Å². The Morgan fingerprint density at radius 3 is 2.56 bits per heavy atom. The maximum absolute atomic E-state index is 13.4. The Bertz CT molecular complexity index is 1080. The lowest BCUT2D eigenvalue weighted by molar-refractivity contribution is -0.117. The lowest BCUT2D eigenvalue weighted by Crippen LogP contribution is -2.28. The van der Waals surface area contributed by atoms with Gasteiger partial charge in [-0.1, -0.05) is 48.5 Å². The number of nitrogens with one attached hydrogen (secondary N) is 2. The molecule has 3 aromatic rings. The topological polar surface area (TPSA) is 70.7 Å². The Morgan fingerprint density at radius 2 is 1.81 bits per heavy atom. The summed E-state index contributed by atoms with van der Waals surface area (Å²) in [5.74, 6) is 0.558. The molecule has 0 saturated carbocycles. The van der Waals surface area contributed by atoms with E-state index in [-0.39, 0.29) is 11.8 Å². The zero-order chi connectivity index (χ0) is 22.3. The van der Waals surface area contributed by atoms with E-state index < -0.39 is 6.04 Å². The third-order valence-electron chi connectivity index (χ3n) is 5.38. The monoisotopic (exact) mass is 429 g/mol. The number of nitrogens with zero attached hydrogens (tertiary/aromatic N) is 1. The zero-order valence-electron chi connectivity index (χ0n) is 18.1. The van der Waals surface area contributed by atoms with E-state index in [1.807, 2.05) is 85.8 Å². The van der Waals surface area contributed by atoms with Crippen LogP contribution in [-0.2, 0) is 9.59 Å². The molecule has 0 spiro atoms. The van der Waals surface area contributed by atoms with Crippen molar-refractivity contribution in [2.75, 3.05) is 28.7 Å². The second-order valence-electron chi connectivity index (χ2n) is 7.61. The van der Waals surface area contributed by atoms with E-state index in [4.69, 9.17) is 4.74 Å². The number of ether oxygens (including phenoxy) is 1. The second kappa shape index (κ2) is 10.0. The van der Waals surface area contributed by atoms with Gasteiger partial charge in [0, 0.05) is 24.3 Å². The predicted molar refractivity (Wildman–Crippen MR) is 127 cm³/mol. The highest BCUT2D eigenvalue weighted by atomic mass is 16.5. The molecule has 0 bridgehead atoms. The summed E-state index contributed by atoms with van der Waals surface area (Å²) in [5, 5.41) is 6.35. The van der Waals surface area contributed by atoms with Crippen LogP contribution in [0.1, 0.15) is 31.4 Å². The van der Waals surface area contributed by atoms with E-state index in [1.165, 1.54) is 0 Å². The summed E-state index contributed by atoms with van der Waals surface area (Å²) >= 11 is 0. The summed E-state index contributed by atoms with van der Waals surface area (Å²) in [7, 11) is 0. The molecule has 1 fully saturated rings. The summed E-state index contributed by atoms with van der Waals surface area (Å²) in [6.45, 7) is 3.14. The number of para-hydroxylation sites is 2. The highest BCUT2D eigenvalue weighted by Gasteiger charge is 2.24. The van der Waals surface area contributed by atoms with Gasteiger partial charge in [0.15, 0.2) is 0 Å². The highest BCUT2D eigenvalue weighted by molar-refractivity contribution is 5.99. The standard InChI is InChI=1S/C26H27N3O3/c1-2-32-23-15-7-6-14-22(23)28-26(31)25(19-10-4-3-5-11-19)27-20-12-8-13-21(18-20)29-17-9-16-24(29)30/h3-8,10-15,18,25,27H,2,9,16-17H2,1H3,(H,28,31). The van der Waals surface area contributed by atoms with Crippen molar-refractivity contribution in [3.8, 4) is 5.75 Å². The normalized spacial score (nSPS) is 14.2. The minimum absolute atomic E-state index is 0.132. The molecule has 1 aliphatic heterocycles. The first-order chi connectivity index (χ1) is 15.7. The van der Waals surface area contributed by atoms with Gasteiger partial charge in [0.1, 0.15) is 11.8 Å². The molecule has 1 aliphatic rings. The molecule has 3 aromatic carbocycles. The van der Waals surface area contributed by atoms with Gasteiger partial charge < -0.3 is 20.3 Å². The fraction of sp³-hybridized carbons (Fsp3) is 0.231. The third kappa shape index (κ3) is 4.91. The molecule has 0 aromatic heterocycles. The summed E-state index contributed by atoms with van der Waals surface area (Å²) in [6, 6.07) is 24.0. The quantitative estimate of drug-likeness (QED) is 0.528. The first-order valence-electron chi connectivity index (χ1n) is 10.9. The van der Waals surface area contributed by atoms with Gasteiger partial charge in [0.25, 0.3) is 5.91 Å². The van der Waals surface area contributed by atoms with E-state index in [2.05, 4.69) is 10.6 Å². The molecule has 6 nitrogen and oxygen atoms in total. The average Bonchev–Trinajstić information content (AvgIpc) is 3.25. The van der Waals surface area contributed by atoms with Crippen molar-refractivity contribution >= 4 is 28.9 Å². The Kier molecular flexibility index (Phi) is 6.70. The van der Waals surface area contributed by atoms with Crippen LogP contribution in [-0.4, -0.2) is 25.0 Å². The van der Waals surface area contributed by atoms with E-state index in [0.29, 0.717) is 24.5 Å². The molecular weight excluding hydrogens is 402 g/mol. The predicted octanol–water partition coefficient (Wildman–Crippen LogP) is 5.00. The molecule has 6 heteroatoms. The van der Waals surface area contributed by atoms with Gasteiger partial charge in [-0.05, 0) is 49.2 Å². The molecular formula is C26H27N3O3. The van der Waals surface area contributed by atoms with Crippen LogP contribution in [0.4, 0.5) is 17.1 Å². The van der Waals surface area contributed by atoms with Crippen molar-refractivity contribution in [3.63, 3.8) is 0 Å². The number of amides is 2. The van der Waals surface area contributed by atoms with Gasteiger partial charge in [-0.2, -0.15) is 0 Å². The Morgan fingerprint density at radius 1 is 1.03 bits per heavy atom.